The number of nitrogens with two attached hydrogens (primary N) is 1. The zero-order valence-electron chi connectivity index (χ0n) is 13.5. The quantitative estimate of drug-likeness (QED) is 0.359. The lowest BCUT2D eigenvalue weighted by Gasteiger charge is -2.08. The number of carbonyl (C=O) groups excluding carboxylic acids is 1. The molecule has 1 aromatic carbocycles. The summed E-state index contributed by atoms with van der Waals surface area (Å²) in [5, 5.41) is 8.77. The van der Waals surface area contributed by atoms with E-state index in [2.05, 4.69) is 46.4 Å². The van der Waals surface area contributed by atoms with E-state index in [4.69, 9.17) is 5.73 Å². The summed E-state index contributed by atoms with van der Waals surface area (Å²) >= 11 is 4.26. The molecule has 0 atom stereocenters. The summed E-state index contributed by atoms with van der Waals surface area (Å²) in [5.74, 6) is -0.340. The van der Waals surface area contributed by atoms with Crippen LogP contribution in [0.15, 0.2) is 56.2 Å². The van der Waals surface area contributed by atoms with E-state index in [9.17, 15) is 13.2 Å². The Morgan fingerprint density at radius 1 is 1.26 bits per heavy atom. The number of sulfone groups is 1. The fourth-order valence-electron chi connectivity index (χ4n) is 1.95. The monoisotopic (exact) mass is 469 g/mol. The molecule has 1 amide bonds. The Bertz CT molecular complexity index is 1060. The van der Waals surface area contributed by atoms with Crippen molar-refractivity contribution in [3.05, 3.63) is 41.3 Å². The number of aromatic amines is 1. The molecule has 0 saturated heterocycles. The summed E-state index contributed by atoms with van der Waals surface area (Å²) in [7, 11) is -3.85. The maximum absolute atomic E-state index is 12.7. The third-order valence-corrected chi connectivity index (χ3v) is 6.36. The summed E-state index contributed by atoms with van der Waals surface area (Å²) in [6.45, 7) is 0. The number of halogens is 1. The number of benzene rings is 1. The molecule has 140 valence electrons. The van der Waals surface area contributed by atoms with E-state index in [0.29, 0.717) is 0 Å². The van der Waals surface area contributed by atoms with Crippen LogP contribution in [0.4, 0.5) is 11.8 Å². The van der Waals surface area contributed by atoms with Gasteiger partial charge in [-0.3, -0.25) is 10.1 Å². The zero-order valence-corrected chi connectivity index (χ0v) is 16.7. The molecule has 4 N–H and O–H groups in total. The molecule has 10 nitrogen and oxygen atoms in total. The van der Waals surface area contributed by atoms with E-state index in [0.717, 1.165) is 22.4 Å². The van der Waals surface area contributed by atoms with Crippen LogP contribution in [0.3, 0.4) is 0 Å². The number of anilines is 2. The minimum atomic E-state index is -3.85. The highest BCUT2D eigenvalue weighted by atomic mass is 79.9. The molecule has 0 aliphatic carbocycles. The van der Waals surface area contributed by atoms with Crippen molar-refractivity contribution in [2.24, 2.45) is 0 Å². The lowest BCUT2D eigenvalue weighted by atomic mass is 10.4. The molecule has 0 spiro atoms. The van der Waals surface area contributed by atoms with E-state index >= 15 is 0 Å². The van der Waals surface area contributed by atoms with Gasteiger partial charge in [0.2, 0.25) is 21.7 Å². The molecule has 0 fully saturated rings. The second-order valence-corrected chi connectivity index (χ2v) is 8.81. The van der Waals surface area contributed by atoms with E-state index in [1.807, 2.05) is 0 Å². The molecule has 27 heavy (non-hydrogen) atoms. The standard InChI is InChI=1S/C14H12BrN7O3S2/c15-8-1-3-9(4-2-8)27(24,25)10-5-17-14(21-12(10)16)26-6-11(23)20-13-18-7-19-22-13/h1-5,7H,6H2,(H2,16,17,21)(H2,18,19,20,22,23). The van der Waals surface area contributed by atoms with Gasteiger partial charge in [-0.05, 0) is 24.3 Å². The molecule has 0 radical (unpaired) electrons. The molecule has 0 aliphatic heterocycles. The number of hydrogen-bond acceptors (Lipinski definition) is 9. The highest BCUT2D eigenvalue weighted by Crippen LogP contribution is 2.26. The number of rotatable bonds is 6. The van der Waals surface area contributed by atoms with Gasteiger partial charge in [-0.15, -0.1) is 0 Å². The number of nitrogen functional groups attached to an aromatic ring is 1. The molecule has 0 aliphatic rings. The largest absolute Gasteiger partial charge is 0.382 e. The average Bonchev–Trinajstić information content (AvgIpc) is 3.13. The van der Waals surface area contributed by atoms with Crippen LogP contribution in [0, 0.1) is 0 Å². The minimum Gasteiger partial charge on any atom is -0.382 e. The summed E-state index contributed by atoms with van der Waals surface area (Å²) in [5.41, 5.74) is 5.81. The lowest BCUT2D eigenvalue weighted by molar-refractivity contribution is -0.113. The van der Waals surface area contributed by atoms with Gasteiger partial charge in [-0.1, -0.05) is 27.7 Å². The maximum atomic E-state index is 12.7. The molecular weight excluding hydrogens is 458 g/mol. The van der Waals surface area contributed by atoms with Crippen molar-refractivity contribution in [1.29, 1.82) is 0 Å². The van der Waals surface area contributed by atoms with Gasteiger partial charge in [-0.2, -0.15) is 10.1 Å². The summed E-state index contributed by atoms with van der Waals surface area (Å²) in [6.07, 6.45) is 2.40. The number of thioether (sulfide) groups is 1. The smallest absolute Gasteiger partial charge is 0.237 e. The Kier molecular flexibility index (Phi) is 5.72. The number of nitrogens with zero attached hydrogens (tertiary/aromatic N) is 4. The molecule has 0 bridgehead atoms. The van der Waals surface area contributed by atoms with Crippen molar-refractivity contribution in [1.82, 2.24) is 25.1 Å². The van der Waals surface area contributed by atoms with Crippen LogP contribution in [-0.2, 0) is 14.6 Å². The fraction of sp³-hybridized carbons (Fsp3) is 0.0714. The average molecular weight is 470 g/mol. The highest BCUT2D eigenvalue weighted by Gasteiger charge is 2.22. The highest BCUT2D eigenvalue weighted by molar-refractivity contribution is 9.10. The number of H-pyrrole nitrogens is 1. The van der Waals surface area contributed by atoms with Gasteiger partial charge < -0.3 is 5.73 Å². The van der Waals surface area contributed by atoms with E-state index in [1.54, 1.807) is 12.1 Å². The van der Waals surface area contributed by atoms with Gasteiger partial charge in [0.15, 0.2) is 5.16 Å². The number of carbonyl (C=O) groups is 1. The zero-order chi connectivity index (χ0) is 19.4. The predicted octanol–water partition coefficient (Wildman–Crippen LogP) is 1.50. The Morgan fingerprint density at radius 2 is 2.00 bits per heavy atom. The van der Waals surface area contributed by atoms with Gasteiger partial charge in [0, 0.05) is 4.47 Å². The first kappa shape index (κ1) is 19.3. The SMILES string of the molecule is Nc1nc(SCC(=O)Nc2ncn[nH]2)ncc1S(=O)(=O)c1ccc(Br)cc1. The predicted molar refractivity (Wildman–Crippen MR) is 102 cm³/mol. The molecular formula is C14H12BrN7O3S2. The van der Waals surface area contributed by atoms with Gasteiger partial charge in [-0.25, -0.2) is 23.5 Å². The third-order valence-electron chi connectivity index (χ3n) is 3.18. The van der Waals surface area contributed by atoms with Gasteiger partial charge in [0.05, 0.1) is 16.8 Å². The molecule has 3 rings (SSSR count). The maximum Gasteiger partial charge on any atom is 0.237 e. The second kappa shape index (κ2) is 8.02. The van der Waals surface area contributed by atoms with Crippen LogP contribution in [0.25, 0.3) is 0 Å². The van der Waals surface area contributed by atoms with E-state index in [-0.39, 0.29) is 38.4 Å². The Morgan fingerprint density at radius 3 is 2.63 bits per heavy atom. The van der Waals surface area contributed by atoms with Crippen molar-refractivity contribution in [2.75, 3.05) is 16.8 Å². The van der Waals surface area contributed by atoms with E-state index < -0.39 is 9.84 Å². The van der Waals surface area contributed by atoms with Crippen molar-refractivity contribution >= 4 is 55.2 Å². The van der Waals surface area contributed by atoms with Crippen molar-refractivity contribution in [3.8, 4) is 0 Å². The Labute approximate surface area is 166 Å². The van der Waals surface area contributed by atoms with Crippen LogP contribution in [0.2, 0.25) is 0 Å². The minimum absolute atomic E-state index is 0.0149. The third kappa shape index (κ3) is 4.61. The second-order valence-electron chi connectivity index (χ2n) is 5.03. The molecule has 2 heterocycles. The Balaban J connectivity index is 1.71. The van der Waals surface area contributed by atoms with Crippen LogP contribution >= 0.6 is 27.7 Å². The molecule has 0 unspecified atom stereocenters. The topological polar surface area (TPSA) is 157 Å². The van der Waals surface area contributed by atoms with Crippen LogP contribution in [-0.4, -0.2) is 45.2 Å². The summed E-state index contributed by atoms with van der Waals surface area (Å²) < 4.78 is 26.1. The Hall–Kier alpha value is -2.51. The van der Waals surface area contributed by atoms with Crippen molar-refractivity contribution in [2.45, 2.75) is 14.9 Å². The summed E-state index contributed by atoms with van der Waals surface area (Å²) in [6, 6.07) is 6.13. The lowest BCUT2D eigenvalue weighted by Crippen LogP contribution is -2.15. The van der Waals surface area contributed by atoms with Gasteiger partial charge >= 0.3 is 0 Å². The van der Waals surface area contributed by atoms with Crippen molar-refractivity contribution < 1.29 is 13.2 Å². The van der Waals surface area contributed by atoms with Gasteiger partial charge in [0.1, 0.15) is 17.0 Å². The van der Waals surface area contributed by atoms with E-state index in [1.165, 1.54) is 18.5 Å². The number of aromatic nitrogens is 5. The first-order valence-electron chi connectivity index (χ1n) is 7.27. The van der Waals surface area contributed by atoms with Crippen molar-refractivity contribution in [3.63, 3.8) is 0 Å². The first-order valence-corrected chi connectivity index (χ1v) is 10.5. The number of hydrogen-bond donors (Lipinski definition) is 3. The molecule has 0 saturated carbocycles. The number of nitrogens with one attached hydrogen (secondary N) is 2. The molecule has 13 heteroatoms. The molecule has 2 aromatic heterocycles. The normalized spacial score (nSPS) is 11.3. The number of amides is 1. The summed E-state index contributed by atoms with van der Waals surface area (Å²) in [4.78, 5) is 23.4. The van der Waals surface area contributed by atoms with Crippen LogP contribution in [0.5, 0.6) is 0 Å². The van der Waals surface area contributed by atoms with Crippen LogP contribution in [0.1, 0.15) is 0 Å². The van der Waals surface area contributed by atoms with Gasteiger partial charge in [0.25, 0.3) is 0 Å². The fourth-order valence-corrected chi connectivity index (χ4v) is 4.10. The first-order chi connectivity index (χ1) is 12.9. The van der Waals surface area contributed by atoms with Crippen LogP contribution < -0.4 is 11.1 Å². The molecule has 3 aromatic rings.